The van der Waals surface area contributed by atoms with Crippen LogP contribution in [-0.2, 0) is 4.79 Å². The third-order valence-corrected chi connectivity index (χ3v) is 7.81. The second-order valence-electron chi connectivity index (χ2n) is 11.3. The molecule has 1 fully saturated rings. The van der Waals surface area contributed by atoms with Crippen molar-refractivity contribution in [3.05, 3.63) is 78.5 Å². The molecule has 228 valence electrons. The van der Waals surface area contributed by atoms with Gasteiger partial charge in [0.1, 0.15) is 30.3 Å². The summed E-state index contributed by atoms with van der Waals surface area (Å²) in [6.07, 6.45) is 12.7. The number of hydrazone groups is 1. The summed E-state index contributed by atoms with van der Waals surface area (Å²) >= 11 is 0. The van der Waals surface area contributed by atoms with Crippen LogP contribution in [0, 0.1) is 6.92 Å². The van der Waals surface area contributed by atoms with E-state index in [1.54, 1.807) is 18.6 Å². The number of benzene rings is 2. The topological polar surface area (TPSA) is 98.7 Å². The maximum atomic E-state index is 12.8. The summed E-state index contributed by atoms with van der Waals surface area (Å²) in [7, 11) is 3.97. The van der Waals surface area contributed by atoms with Crippen molar-refractivity contribution in [1.82, 2.24) is 24.8 Å². The fraction of sp³-hybridized carbons (Fsp3) is 0.333. The molecule has 3 aliphatic heterocycles. The molecule has 1 saturated heterocycles. The van der Waals surface area contributed by atoms with E-state index in [4.69, 9.17) is 9.47 Å². The molecule has 0 spiro atoms. The van der Waals surface area contributed by atoms with E-state index in [0.29, 0.717) is 32.1 Å². The lowest BCUT2D eigenvalue weighted by Crippen LogP contribution is -2.58. The van der Waals surface area contributed by atoms with E-state index >= 15 is 0 Å². The number of allylic oxidation sites excluding steroid dienone is 1. The fourth-order valence-corrected chi connectivity index (χ4v) is 5.63. The highest BCUT2D eigenvalue weighted by Gasteiger charge is 2.35. The number of aromatic nitrogens is 2. The molecular weight excluding hydrogens is 556 g/mol. The van der Waals surface area contributed by atoms with Gasteiger partial charge in [-0.2, -0.15) is 5.10 Å². The van der Waals surface area contributed by atoms with Crippen molar-refractivity contribution in [2.75, 3.05) is 63.6 Å². The molecular formula is C33H38N8O3. The summed E-state index contributed by atoms with van der Waals surface area (Å²) in [6, 6.07) is 10.1. The molecule has 1 amide bonds. The maximum Gasteiger partial charge on any atom is 0.246 e. The van der Waals surface area contributed by atoms with E-state index in [1.165, 1.54) is 0 Å². The van der Waals surface area contributed by atoms with Crippen molar-refractivity contribution >= 4 is 40.2 Å². The standard InChI is InChI=1S/C33H38N8O3/c1-5-36-40-15-12-26(13-16-40)44-29-11-8-24(19-23(29)2)37-33-31-27(34-22-35-33)9-10-28-32(31)43-21-25-20-39(17-18-41(25)28)30(42)7-6-14-38(3)4/h5-13,15,19,22,25H,14,16-18,20-21H2,1-4H3,(H,34,35,37)/b7-6+,36-5-. The zero-order valence-electron chi connectivity index (χ0n) is 25.6. The first-order valence-electron chi connectivity index (χ1n) is 14.9. The minimum atomic E-state index is 0.0441. The lowest BCUT2D eigenvalue weighted by atomic mass is 10.1. The van der Waals surface area contributed by atoms with E-state index < -0.39 is 0 Å². The monoisotopic (exact) mass is 594 g/mol. The molecule has 0 aliphatic carbocycles. The number of aryl methyl sites for hydroxylation is 1. The van der Waals surface area contributed by atoms with Gasteiger partial charge in [0, 0.05) is 50.4 Å². The Morgan fingerprint density at radius 1 is 1.23 bits per heavy atom. The molecule has 4 heterocycles. The summed E-state index contributed by atoms with van der Waals surface area (Å²) in [5, 5.41) is 10.4. The van der Waals surface area contributed by atoms with Crippen molar-refractivity contribution in [1.29, 1.82) is 0 Å². The van der Waals surface area contributed by atoms with E-state index in [0.717, 1.165) is 58.2 Å². The van der Waals surface area contributed by atoms with Crippen LogP contribution >= 0.6 is 0 Å². The van der Waals surface area contributed by atoms with Gasteiger partial charge in [0.2, 0.25) is 5.91 Å². The van der Waals surface area contributed by atoms with Gasteiger partial charge in [-0.3, -0.25) is 9.80 Å². The number of piperazine rings is 1. The third kappa shape index (κ3) is 6.23. The number of amides is 1. The van der Waals surface area contributed by atoms with E-state index in [1.807, 2.05) is 91.4 Å². The van der Waals surface area contributed by atoms with Crippen molar-refractivity contribution in [3.63, 3.8) is 0 Å². The van der Waals surface area contributed by atoms with Gasteiger partial charge in [0.15, 0.2) is 5.75 Å². The van der Waals surface area contributed by atoms with Crippen molar-refractivity contribution in [2.45, 2.75) is 19.9 Å². The van der Waals surface area contributed by atoms with Gasteiger partial charge < -0.3 is 29.5 Å². The second-order valence-corrected chi connectivity index (χ2v) is 11.3. The van der Waals surface area contributed by atoms with Crippen molar-refractivity contribution in [2.24, 2.45) is 5.10 Å². The number of carbonyl (C=O) groups is 1. The fourth-order valence-electron chi connectivity index (χ4n) is 5.63. The van der Waals surface area contributed by atoms with E-state index in [-0.39, 0.29) is 11.9 Å². The molecule has 44 heavy (non-hydrogen) atoms. The van der Waals surface area contributed by atoms with Gasteiger partial charge in [0.05, 0.1) is 29.2 Å². The summed E-state index contributed by atoms with van der Waals surface area (Å²) < 4.78 is 12.6. The summed E-state index contributed by atoms with van der Waals surface area (Å²) in [5.41, 5.74) is 3.67. The molecule has 11 heteroatoms. The van der Waals surface area contributed by atoms with Crippen molar-refractivity contribution in [3.8, 4) is 11.5 Å². The molecule has 6 rings (SSSR count). The van der Waals surface area contributed by atoms with E-state index in [2.05, 4.69) is 31.4 Å². The van der Waals surface area contributed by atoms with Crippen LogP contribution in [0.4, 0.5) is 17.2 Å². The highest BCUT2D eigenvalue weighted by atomic mass is 16.5. The normalized spacial score (nSPS) is 18.1. The summed E-state index contributed by atoms with van der Waals surface area (Å²) in [4.78, 5) is 28.2. The minimum absolute atomic E-state index is 0.0441. The number of nitrogens with zero attached hydrogens (tertiary/aromatic N) is 7. The molecule has 2 aromatic carbocycles. The van der Waals surface area contributed by atoms with Crippen LogP contribution in [-0.4, -0.2) is 96.4 Å². The molecule has 1 unspecified atom stereocenters. The number of rotatable bonds is 8. The minimum Gasteiger partial charge on any atom is -0.488 e. The lowest BCUT2D eigenvalue weighted by molar-refractivity contribution is -0.127. The zero-order valence-corrected chi connectivity index (χ0v) is 25.6. The Morgan fingerprint density at radius 3 is 2.89 bits per heavy atom. The third-order valence-electron chi connectivity index (χ3n) is 7.81. The Labute approximate surface area is 257 Å². The first-order chi connectivity index (χ1) is 21.4. The van der Waals surface area contributed by atoms with E-state index in [9.17, 15) is 4.79 Å². The molecule has 1 N–H and O–H groups in total. The Hall–Kier alpha value is -4.90. The average Bonchev–Trinajstić information content (AvgIpc) is 3.02. The number of anilines is 3. The van der Waals surface area contributed by atoms with Crippen LogP contribution in [0.2, 0.25) is 0 Å². The molecule has 0 bridgehead atoms. The first-order valence-corrected chi connectivity index (χ1v) is 14.9. The van der Waals surface area contributed by atoms with Gasteiger partial charge >= 0.3 is 0 Å². The van der Waals surface area contributed by atoms with Gasteiger partial charge in [0.25, 0.3) is 0 Å². The van der Waals surface area contributed by atoms with Crippen molar-refractivity contribution < 1.29 is 14.3 Å². The average molecular weight is 595 g/mol. The number of fused-ring (bicyclic) bond motifs is 5. The number of hydrogen-bond donors (Lipinski definition) is 1. The smallest absolute Gasteiger partial charge is 0.246 e. The molecule has 3 aromatic rings. The maximum absolute atomic E-state index is 12.8. The van der Waals surface area contributed by atoms with Gasteiger partial charge in [-0.15, -0.1) is 0 Å². The number of nitrogens with one attached hydrogen (secondary N) is 1. The van der Waals surface area contributed by atoms with Gasteiger partial charge in [-0.05, 0) is 76.0 Å². The molecule has 11 nitrogen and oxygen atoms in total. The second kappa shape index (κ2) is 12.8. The van der Waals surface area contributed by atoms with Crippen LogP contribution < -0.4 is 19.7 Å². The van der Waals surface area contributed by atoms with Gasteiger partial charge in [-0.25, -0.2) is 9.97 Å². The van der Waals surface area contributed by atoms with Crippen LogP contribution in [0.15, 0.2) is 78.0 Å². The SMILES string of the molecule is C/C=N\N1C=CC(Oc2ccc(Nc3ncnc4ccc5c(c34)OCC3CN(C(=O)/C=C/CN(C)C)CCN53)cc2C)=CC1. The molecule has 1 atom stereocenters. The quantitative estimate of drug-likeness (QED) is 0.302. The predicted molar refractivity (Wildman–Crippen MR) is 174 cm³/mol. The van der Waals surface area contributed by atoms with Crippen LogP contribution in [0.25, 0.3) is 10.9 Å². The number of carbonyl (C=O) groups excluding carboxylic acids is 1. The largest absolute Gasteiger partial charge is 0.488 e. The van der Waals surface area contributed by atoms with Crippen LogP contribution in [0.3, 0.4) is 0 Å². The molecule has 0 saturated carbocycles. The first kappa shape index (κ1) is 29.2. The highest BCUT2D eigenvalue weighted by Crippen LogP contribution is 2.43. The summed E-state index contributed by atoms with van der Waals surface area (Å²) in [6.45, 7) is 7.78. The highest BCUT2D eigenvalue weighted by molar-refractivity contribution is 6.00. The lowest BCUT2D eigenvalue weighted by Gasteiger charge is -2.45. The summed E-state index contributed by atoms with van der Waals surface area (Å²) in [5.74, 6) is 3.05. The van der Waals surface area contributed by atoms with Crippen LogP contribution in [0.5, 0.6) is 11.5 Å². The Morgan fingerprint density at radius 2 is 2.11 bits per heavy atom. The Kier molecular flexibility index (Phi) is 8.47. The van der Waals surface area contributed by atoms with Crippen LogP contribution in [0.1, 0.15) is 12.5 Å². The molecule has 3 aliphatic rings. The Balaban J connectivity index is 1.19. The predicted octanol–water partition coefficient (Wildman–Crippen LogP) is 4.31. The zero-order chi connectivity index (χ0) is 30.6. The van der Waals surface area contributed by atoms with Gasteiger partial charge in [-0.1, -0.05) is 6.08 Å². The molecule has 1 aromatic heterocycles. The number of likely N-dealkylation sites (N-methyl/N-ethyl adjacent to an activating group) is 1. The number of ether oxygens (including phenoxy) is 2. The number of hydrogen-bond acceptors (Lipinski definition) is 10. The molecule has 0 radical (unpaired) electrons. The Bertz CT molecular complexity index is 1660.